The molecule has 2 aromatic heterocycles. The molecule has 120 valence electrons. The number of halogens is 2. The molecule has 0 radical (unpaired) electrons. The van der Waals surface area contributed by atoms with E-state index in [9.17, 15) is 8.78 Å². The van der Waals surface area contributed by atoms with Crippen molar-refractivity contribution in [3.05, 3.63) is 35.9 Å². The second kappa shape index (κ2) is 6.38. The van der Waals surface area contributed by atoms with Crippen LogP contribution in [0.25, 0.3) is 5.65 Å². The predicted molar refractivity (Wildman–Crippen MR) is 75.5 cm³/mol. The van der Waals surface area contributed by atoms with Gasteiger partial charge in [-0.15, -0.1) is 14.8 Å². The number of hydrogen-bond acceptors (Lipinski definition) is 7. The highest BCUT2D eigenvalue weighted by atomic mass is 19.3. The molecular weight excluding hydrogens is 310 g/mol. The number of tetrazole rings is 1. The molecule has 23 heavy (non-hydrogen) atoms. The minimum absolute atomic E-state index is 0.0144. The van der Waals surface area contributed by atoms with Crippen LogP contribution in [0, 0.1) is 0 Å². The highest BCUT2D eigenvalue weighted by molar-refractivity contribution is 5.45. The zero-order valence-corrected chi connectivity index (χ0v) is 12.0. The number of nitrogens with zero attached hydrogens (tertiary/aromatic N) is 5. The summed E-state index contributed by atoms with van der Waals surface area (Å²) in [5.74, 6) is 0.782. The largest absolute Gasteiger partial charge is 0.493 e. The summed E-state index contributed by atoms with van der Waals surface area (Å²) in [6.07, 6.45) is 0. The van der Waals surface area contributed by atoms with Crippen LogP contribution < -0.4 is 14.8 Å². The fourth-order valence-electron chi connectivity index (χ4n) is 1.95. The van der Waals surface area contributed by atoms with E-state index in [2.05, 4.69) is 30.7 Å². The quantitative estimate of drug-likeness (QED) is 0.739. The summed E-state index contributed by atoms with van der Waals surface area (Å²) in [6, 6.07) is 8.15. The summed E-state index contributed by atoms with van der Waals surface area (Å²) in [4.78, 5) is 0. The highest BCUT2D eigenvalue weighted by Gasteiger charge is 2.11. The van der Waals surface area contributed by atoms with Crippen molar-refractivity contribution in [1.29, 1.82) is 0 Å². The van der Waals surface area contributed by atoms with Crippen LogP contribution in [0.1, 0.15) is 5.56 Å². The van der Waals surface area contributed by atoms with E-state index in [1.165, 1.54) is 17.8 Å². The van der Waals surface area contributed by atoms with Crippen molar-refractivity contribution in [3.8, 4) is 11.5 Å². The summed E-state index contributed by atoms with van der Waals surface area (Å²) in [6.45, 7) is -2.49. The van der Waals surface area contributed by atoms with Crippen LogP contribution in [0.4, 0.5) is 14.6 Å². The Kier molecular flexibility index (Phi) is 4.13. The van der Waals surface area contributed by atoms with Gasteiger partial charge in [0.2, 0.25) is 0 Å². The molecule has 3 aromatic rings. The predicted octanol–water partition coefficient (Wildman–Crippen LogP) is 1.74. The lowest BCUT2D eigenvalue weighted by molar-refractivity contribution is -0.0512. The monoisotopic (exact) mass is 322 g/mol. The Labute approximate surface area is 129 Å². The van der Waals surface area contributed by atoms with E-state index >= 15 is 0 Å². The van der Waals surface area contributed by atoms with Crippen molar-refractivity contribution in [2.24, 2.45) is 0 Å². The third-order valence-corrected chi connectivity index (χ3v) is 2.99. The van der Waals surface area contributed by atoms with Gasteiger partial charge in [0.1, 0.15) is 5.82 Å². The second-order valence-corrected chi connectivity index (χ2v) is 4.46. The first-order chi connectivity index (χ1) is 11.2. The van der Waals surface area contributed by atoms with Crippen LogP contribution in [0.2, 0.25) is 0 Å². The van der Waals surface area contributed by atoms with Gasteiger partial charge >= 0.3 is 6.61 Å². The summed E-state index contributed by atoms with van der Waals surface area (Å²) in [5, 5.41) is 18.2. The molecular formula is C13H12F2N6O2. The van der Waals surface area contributed by atoms with E-state index in [1.807, 2.05) is 0 Å². The molecule has 0 unspecified atom stereocenters. The molecule has 0 amide bonds. The maximum absolute atomic E-state index is 12.3. The maximum Gasteiger partial charge on any atom is 0.387 e. The van der Waals surface area contributed by atoms with Crippen LogP contribution >= 0.6 is 0 Å². The smallest absolute Gasteiger partial charge is 0.387 e. The van der Waals surface area contributed by atoms with E-state index in [1.54, 1.807) is 24.3 Å². The van der Waals surface area contributed by atoms with Crippen LogP contribution in [0.5, 0.6) is 11.5 Å². The molecule has 0 aliphatic rings. The SMILES string of the molecule is COc1cc(CNc2ccc3nnnn3n2)ccc1OC(F)F. The topological polar surface area (TPSA) is 86.5 Å². The van der Waals surface area contributed by atoms with Crippen molar-refractivity contribution < 1.29 is 18.3 Å². The molecule has 0 atom stereocenters. The summed E-state index contributed by atoms with van der Waals surface area (Å²) in [5.41, 5.74) is 1.34. The zero-order valence-electron chi connectivity index (χ0n) is 12.0. The molecule has 1 aromatic carbocycles. The van der Waals surface area contributed by atoms with Gasteiger partial charge < -0.3 is 14.8 Å². The molecule has 0 aliphatic heterocycles. The first kappa shape index (κ1) is 14.9. The molecule has 0 saturated carbocycles. The van der Waals surface area contributed by atoms with Gasteiger partial charge in [0.15, 0.2) is 17.1 Å². The molecule has 0 aliphatic carbocycles. The van der Waals surface area contributed by atoms with Crippen molar-refractivity contribution in [3.63, 3.8) is 0 Å². The van der Waals surface area contributed by atoms with Crippen LogP contribution in [0.3, 0.4) is 0 Å². The Hall–Kier alpha value is -3.04. The molecule has 10 heteroatoms. The van der Waals surface area contributed by atoms with Gasteiger partial charge in [-0.05, 0) is 40.3 Å². The summed E-state index contributed by atoms with van der Waals surface area (Å²) < 4.78 is 35.3. The number of hydrogen-bond donors (Lipinski definition) is 1. The number of nitrogens with one attached hydrogen (secondary N) is 1. The first-order valence-corrected chi connectivity index (χ1v) is 6.57. The third kappa shape index (κ3) is 3.42. The normalized spacial score (nSPS) is 11.0. The van der Waals surface area contributed by atoms with Gasteiger partial charge in [-0.1, -0.05) is 6.07 Å². The first-order valence-electron chi connectivity index (χ1n) is 6.57. The zero-order chi connectivity index (χ0) is 16.2. The van der Waals surface area contributed by atoms with E-state index < -0.39 is 6.61 Å². The Morgan fingerprint density at radius 2 is 2.09 bits per heavy atom. The molecule has 3 rings (SSSR count). The Bertz CT molecular complexity index is 810. The third-order valence-electron chi connectivity index (χ3n) is 2.99. The van der Waals surface area contributed by atoms with E-state index in [-0.39, 0.29) is 11.5 Å². The van der Waals surface area contributed by atoms with Crippen LogP contribution in [-0.4, -0.2) is 39.0 Å². The van der Waals surface area contributed by atoms with Gasteiger partial charge in [-0.2, -0.15) is 8.78 Å². The number of aromatic nitrogens is 5. The minimum Gasteiger partial charge on any atom is -0.493 e. The average Bonchev–Trinajstić information content (AvgIpc) is 3.01. The number of alkyl halides is 2. The van der Waals surface area contributed by atoms with Gasteiger partial charge in [0, 0.05) is 6.54 Å². The minimum atomic E-state index is -2.90. The maximum atomic E-state index is 12.3. The molecule has 0 bridgehead atoms. The summed E-state index contributed by atoms with van der Waals surface area (Å²) >= 11 is 0. The Balaban J connectivity index is 1.72. The van der Waals surface area contributed by atoms with Crippen molar-refractivity contribution >= 4 is 11.5 Å². The molecule has 2 heterocycles. The van der Waals surface area contributed by atoms with Gasteiger partial charge in [0.05, 0.1) is 7.11 Å². The molecule has 1 N–H and O–H groups in total. The van der Waals surface area contributed by atoms with E-state index in [0.29, 0.717) is 18.0 Å². The Morgan fingerprint density at radius 3 is 2.87 bits per heavy atom. The standard InChI is InChI=1S/C13H12F2N6O2/c1-22-10-6-8(2-3-9(10)23-13(14)15)7-16-11-4-5-12-17-19-20-21(12)18-11/h2-6,13H,7H2,1H3,(H,16,18). The highest BCUT2D eigenvalue weighted by Crippen LogP contribution is 2.29. The van der Waals surface area contributed by atoms with Crippen LogP contribution in [-0.2, 0) is 6.54 Å². The van der Waals surface area contributed by atoms with Crippen molar-refractivity contribution in [2.45, 2.75) is 13.2 Å². The van der Waals surface area contributed by atoms with Gasteiger partial charge in [-0.3, -0.25) is 0 Å². The molecule has 0 spiro atoms. The van der Waals surface area contributed by atoms with Crippen molar-refractivity contribution in [2.75, 3.05) is 12.4 Å². The number of anilines is 1. The number of methoxy groups -OCH3 is 1. The lowest BCUT2D eigenvalue weighted by Gasteiger charge is -2.12. The number of fused-ring (bicyclic) bond motifs is 1. The van der Waals surface area contributed by atoms with Gasteiger partial charge in [-0.25, -0.2) is 0 Å². The van der Waals surface area contributed by atoms with E-state index in [4.69, 9.17) is 4.74 Å². The fourth-order valence-corrected chi connectivity index (χ4v) is 1.95. The molecule has 0 fully saturated rings. The average molecular weight is 322 g/mol. The van der Waals surface area contributed by atoms with Crippen molar-refractivity contribution in [1.82, 2.24) is 25.3 Å². The second-order valence-electron chi connectivity index (χ2n) is 4.46. The number of ether oxygens (including phenoxy) is 2. The van der Waals surface area contributed by atoms with Crippen LogP contribution in [0.15, 0.2) is 30.3 Å². The summed E-state index contributed by atoms with van der Waals surface area (Å²) in [7, 11) is 1.39. The number of benzene rings is 1. The molecule has 0 saturated heterocycles. The fraction of sp³-hybridized carbons (Fsp3) is 0.231. The van der Waals surface area contributed by atoms with E-state index in [0.717, 1.165) is 5.56 Å². The number of rotatable bonds is 6. The Morgan fingerprint density at radius 1 is 1.22 bits per heavy atom. The lowest BCUT2D eigenvalue weighted by atomic mass is 10.2. The lowest BCUT2D eigenvalue weighted by Crippen LogP contribution is -2.06. The molecule has 8 nitrogen and oxygen atoms in total. The van der Waals surface area contributed by atoms with Gasteiger partial charge in [0.25, 0.3) is 0 Å².